The molecule has 0 aromatic heterocycles. The van der Waals surface area contributed by atoms with E-state index in [0.717, 1.165) is 6.26 Å². The van der Waals surface area contributed by atoms with Gasteiger partial charge in [-0.15, -0.1) is 12.3 Å². The van der Waals surface area contributed by atoms with Crippen molar-refractivity contribution in [1.82, 2.24) is 5.32 Å². The van der Waals surface area contributed by atoms with Crippen LogP contribution in [0.2, 0.25) is 0 Å². The standard InChI is InChI=1S/C11H19NO3S/c1-6-8-9(7-2)12-10(13)11(3,4)16(5,14)15/h1,9H,7-8H2,2-5H3,(H,12,13). The number of nitrogens with one attached hydrogen (secondary N) is 1. The maximum atomic E-state index is 11.8. The highest BCUT2D eigenvalue weighted by Gasteiger charge is 2.38. The summed E-state index contributed by atoms with van der Waals surface area (Å²) in [5.74, 6) is 1.95. The first-order valence-corrected chi connectivity index (χ1v) is 7.00. The van der Waals surface area contributed by atoms with Crippen LogP contribution in [0.5, 0.6) is 0 Å². The Labute approximate surface area is 97.7 Å². The van der Waals surface area contributed by atoms with Crippen LogP contribution in [0.25, 0.3) is 0 Å². The Hall–Kier alpha value is -1.02. The number of carbonyl (C=O) groups is 1. The Morgan fingerprint density at radius 1 is 1.50 bits per heavy atom. The molecule has 1 N–H and O–H groups in total. The van der Waals surface area contributed by atoms with E-state index in [1.807, 2.05) is 6.92 Å². The quantitative estimate of drug-likeness (QED) is 0.726. The van der Waals surface area contributed by atoms with E-state index >= 15 is 0 Å². The summed E-state index contributed by atoms with van der Waals surface area (Å²) in [5.41, 5.74) is 0. The minimum atomic E-state index is -3.43. The lowest BCUT2D eigenvalue weighted by Gasteiger charge is -2.24. The van der Waals surface area contributed by atoms with E-state index in [4.69, 9.17) is 6.42 Å². The molecule has 16 heavy (non-hydrogen) atoms. The highest BCUT2D eigenvalue weighted by Crippen LogP contribution is 2.15. The van der Waals surface area contributed by atoms with Crippen molar-refractivity contribution in [3.05, 3.63) is 0 Å². The average molecular weight is 245 g/mol. The fourth-order valence-corrected chi connectivity index (χ4v) is 1.36. The third-order valence-corrected chi connectivity index (χ3v) is 4.71. The zero-order valence-corrected chi connectivity index (χ0v) is 11.0. The number of amides is 1. The number of carbonyl (C=O) groups excluding carboxylic acids is 1. The minimum Gasteiger partial charge on any atom is -0.351 e. The Kier molecular flexibility index (Phi) is 5.01. The predicted molar refractivity (Wildman–Crippen MR) is 64.6 cm³/mol. The van der Waals surface area contributed by atoms with Crippen molar-refractivity contribution < 1.29 is 13.2 Å². The number of terminal acetylenes is 1. The summed E-state index contributed by atoms with van der Waals surface area (Å²) in [6.45, 7) is 4.66. The molecule has 1 atom stereocenters. The van der Waals surface area contributed by atoms with Crippen LogP contribution in [0.3, 0.4) is 0 Å². The van der Waals surface area contributed by atoms with Crippen molar-refractivity contribution in [3.8, 4) is 12.3 Å². The van der Waals surface area contributed by atoms with E-state index in [2.05, 4.69) is 11.2 Å². The first-order valence-electron chi connectivity index (χ1n) is 5.10. The number of rotatable bonds is 5. The van der Waals surface area contributed by atoms with Crippen LogP contribution in [-0.4, -0.2) is 31.4 Å². The van der Waals surface area contributed by atoms with Gasteiger partial charge >= 0.3 is 0 Å². The van der Waals surface area contributed by atoms with Crippen molar-refractivity contribution in [2.45, 2.75) is 44.4 Å². The minimum absolute atomic E-state index is 0.168. The lowest BCUT2D eigenvalue weighted by atomic mass is 10.1. The average Bonchev–Trinajstić information content (AvgIpc) is 2.15. The van der Waals surface area contributed by atoms with Crippen molar-refractivity contribution >= 4 is 15.7 Å². The third-order valence-electron chi connectivity index (χ3n) is 2.67. The molecule has 0 heterocycles. The lowest BCUT2D eigenvalue weighted by molar-refractivity contribution is -0.123. The van der Waals surface area contributed by atoms with Gasteiger partial charge in [0.25, 0.3) is 0 Å². The van der Waals surface area contributed by atoms with E-state index < -0.39 is 20.5 Å². The molecule has 0 bridgehead atoms. The summed E-state index contributed by atoms with van der Waals surface area (Å²) in [5, 5.41) is 2.65. The Morgan fingerprint density at radius 2 is 2.00 bits per heavy atom. The second kappa shape index (κ2) is 5.35. The fraction of sp³-hybridized carbons (Fsp3) is 0.727. The molecule has 0 saturated carbocycles. The number of hydrogen-bond acceptors (Lipinski definition) is 3. The zero-order chi connectivity index (χ0) is 13.0. The van der Waals surface area contributed by atoms with Gasteiger partial charge < -0.3 is 5.32 Å². The molecule has 0 spiro atoms. The van der Waals surface area contributed by atoms with Gasteiger partial charge in [-0.05, 0) is 20.3 Å². The topological polar surface area (TPSA) is 63.2 Å². The molecule has 0 aliphatic heterocycles. The van der Waals surface area contributed by atoms with Gasteiger partial charge in [0.1, 0.15) is 4.75 Å². The maximum Gasteiger partial charge on any atom is 0.241 e. The molecule has 0 aliphatic carbocycles. The lowest BCUT2D eigenvalue weighted by Crippen LogP contribution is -2.50. The highest BCUT2D eigenvalue weighted by molar-refractivity contribution is 7.92. The van der Waals surface area contributed by atoms with Gasteiger partial charge in [0.2, 0.25) is 5.91 Å². The van der Waals surface area contributed by atoms with Crippen LogP contribution in [0.1, 0.15) is 33.6 Å². The maximum absolute atomic E-state index is 11.8. The molecule has 1 unspecified atom stereocenters. The summed E-state index contributed by atoms with van der Waals surface area (Å²) in [4.78, 5) is 11.8. The summed E-state index contributed by atoms with van der Waals surface area (Å²) in [6, 6.07) is -0.168. The second-order valence-corrected chi connectivity index (χ2v) is 6.83. The molecular formula is C11H19NO3S. The van der Waals surface area contributed by atoms with Gasteiger partial charge in [-0.25, -0.2) is 8.42 Å². The Morgan fingerprint density at radius 3 is 2.31 bits per heavy atom. The van der Waals surface area contributed by atoms with Crippen LogP contribution in [0, 0.1) is 12.3 Å². The van der Waals surface area contributed by atoms with Crippen molar-refractivity contribution in [2.75, 3.05) is 6.26 Å². The fourth-order valence-electron chi connectivity index (χ4n) is 0.967. The normalized spacial score (nSPS) is 13.9. The Balaban J connectivity index is 4.78. The molecule has 0 radical (unpaired) electrons. The molecule has 0 fully saturated rings. The molecule has 0 rings (SSSR count). The van der Waals surface area contributed by atoms with Crippen LogP contribution in [0.15, 0.2) is 0 Å². The van der Waals surface area contributed by atoms with E-state index in [1.54, 1.807) is 0 Å². The Bertz CT molecular complexity index is 390. The first kappa shape index (κ1) is 15.0. The molecule has 1 amide bonds. The van der Waals surface area contributed by atoms with Crippen molar-refractivity contribution in [3.63, 3.8) is 0 Å². The molecule has 5 heteroatoms. The SMILES string of the molecule is C#CCC(CC)NC(=O)C(C)(C)S(C)(=O)=O. The van der Waals surface area contributed by atoms with Crippen LogP contribution in [0.4, 0.5) is 0 Å². The van der Waals surface area contributed by atoms with Gasteiger partial charge in [0.15, 0.2) is 9.84 Å². The molecule has 0 saturated heterocycles. The summed E-state index contributed by atoms with van der Waals surface area (Å²) in [7, 11) is -3.43. The molecule has 0 aliphatic rings. The molecule has 0 aromatic carbocycles. The largest absolute Gasteiger partial charge is 0.351 e. The number of sulfone groups is 1. The number of hydrogen-bond donors (Lipinski definition) is 1. The summed E-state index contributed by atoms with van der Waals surface area (Å²) in [6.07, 6.45) is 7.29. The summed E-state index contributed by atoms with van der Waals surface area (Å²) >= 11 is 0. The van der Waals surface area contributed by atoms with Crippen LogP contribution in [-0.2, 0) is 14.6 Å². The predicted octanol–water partition coefficient (Wildman–Crippen LogP) is 0.728. The molecule has 92 valence electrons. The highest BCUT2D eigenvalue weighted by atomic mass is 32.2. The molecular weight excluding hydrogens is 226 g/mol. The van der Waals surface area contributed by atoms with Crippen LogP contribution >= 0.6 is 0 Å². The van der Waals surface area contributed by atoms with Gasteiger partial charge in [0.05, 0.1) is 0 Å². The van der Waals surface area contributed by atoms with Gasteiger partial charge in [-0.3, -0.25) is 4.79 Å². The first-order chi connectivity index (χ1) is 7.16. The molecule has 0 aromatic rings. The van der Waals surface area contributed by atoms with Crippen molar-refractivity contribution in [1.29, 1.82) is 0 Å². The molecule has 4 nitrogen and oxygen atoms in total. The van der Waals surface area contributed by atoms with E-state index in [0.29, 0.717) is 12.8 Å². The van der Waals surface area contributed by atoms with E-state index in [-0.39, 0.29) is 6.04 Å². The van der Waals surface area contributed by atoms with E-state index in [1.165, 1.54) is 13.8 Å². The zero-order valence-electron chi connectivity index (χ0n) is 10.2. The third kappa shape index (κ3) is 3.53. The van der Waals surface area contributed by atoms with E-state index in [9.17, 15) is 13.2 Å². The van der Waals surface area contributed by atoms with Gasteiger partial charge in [0, 0.05) is 18.7 Å². The van der Waals surface area contributed by atoms with Crippen molar-refractivity contribution in [2.24, 2.45) is 0 Å². The monoisotopic (exact) mass is 245 g/mol. The second-order valence-electron chi connectivity index (χ2n) is 4.27. The van der Waals surface area contributed by atoms with Crippen LogP contribution < -0.4 is 5.32 Å². The smallest absolute Gasteiger partial charge is 0.241 e. The van der Waals surface area contributed by atoms with Gasteiger partial charge in [-0.1, -0.05) is 6.92 Å². The summed E-state index contributed by atoms with van der Waals surface area (Å²) < 4.78 is 21.4. The van der Waals surface area contributed by atoms with Gasteiger partial charge in [-0.2, -0.15) is 0 Å².